The van der Waals surface area contributed by atoms with E-state index in [0.29, 0.717) is 35.7 Å². The number of hydrogen-bond acceptors (Lipinski definition) is 8. The van der Waals surface area contributed by atoms with Gasteiger partial charge in [-0.2, -0.15) is 5.10 Å². The molecule has 34 heavy (non-hydrogen) atoms. The van der Waals surface area contributed by atoms with Crippen LogP contribution in [0.25, 0.3) is 11.1 Å². The van der Waals surface area contributed by atoms with Gasteiger partial charge in [0.1, 0.15) is 24.1 Å². The van der Waals surface area contributed by atoms with Crippen molar-refractivity contribution in [2.24, 2.45) is 10.8 Å². The lowest BCUT2D eigenvalue weighted by Gasteiger charge is -2.26. The number of carbonyl (C=O) groups excluding carboxylic acids is 3. The summed E-state index contributed by atoms with van der Waals surface area (Å²) in [6.07, 6.45) is 1.13. The van der Waals surface area contributed by atoms with Crippen LogP contribution in [-0.4, -0.2) is 73.9 Å². The summed E-state index contributed by atoms with van der Waals surface area (Å²) in [5.41, 5.74) is 6.39. The van der Waals surface area contributed by atoms with E-state index in [9.17, 15) is 18.8 Å². The molecule has 3 N–H and O–H groups in total. The molecule has 1 aromatic carbocycles. The van der Waals surface area contributed by atoms with E-state index in [1.807, 2.05) is 0 Å². The van der Waals surface area contributed by atoms with Crippen LogP contribution in [0.5, 0.6) is 0 Å². The number of cyclic esters (lactones) is 1. The summed E-state index contributed by atoms with van der Waals surface area (Å²) in [7, 11) is 1.23. The standard InChI is InChI=1S/C21H22FN7O5/c1-33-20(31)25-10-15-11-28(21(32)34-15)14-3-4-16(17(22)8-14)13-2-5-18(24-9-13)27-6-7-29(19(23)30)26-12-27/h2-5,8-9,12,15H,6-7,10-11H2,1H3,(H2,23,30)(H,25,31)/t15-/m0/s1. The van der Waals surface area contributed by atoms with Crippen LogP contribution in [0.2, 0.25) is 0 Å². The molecule has 1 aromatic heterocycles. The molecule has 12 nitrogen and oxygen atoms in total. The Balaban J connectivity index is 1.43. The predicted molar refractivity (Wildman–Crippen MR) is 120 cm³/mol. The zero-order chi connectivity index (χ0) is 24.2. The van der Waals surface area contributed by atoms with Gasteiger partial charge in [-0.05, 0) is 30.3 Å². The monoisotopic (exact) mass is 471 g/mol. The van der Waals surface area contributed by atoms with Crippen molar-refractivity contribution in [2.75, 3.05) is 43.1 Å². The number of nitrogens with two attached hydrogens (primary N) is 1. The fourth-order valence-electron chi connectivity index (χ4n) is 3.51. The summed E-state index contributed by atoms with van der Waals surface area (Å²) in [5, 5.41) is 7.57. The van der Waals surface area contributed by atoms with E-state index in [1.165, 1.54) is 30.6 Å². The number of alkyl carbamates (subject to hydrolysis) is 1. The predicted octanol–water partition coefficient (Wildman–Crippen LogP) is 1.71. The lowest BCUT2D eigenvalue weighted by molar-refractivity contribution is 0.132. The number of aromatic nitrogens is 1. The normalized spacial score (nSPS) is 17.5. The molecule has 1 saturated heterocycles. The minimum atomic E-state index is -0.635. The zero-order valence-electron chi connectivity index (χ0n) is 18.2. The van der Waals surface area contributed by atoms with Crippen molar-refractivity contribution < 1.29 is 28.2 Å². The van der Waals surface area contributed by atoms with Crippen molar-refractivity contribution in [1.82, 2.24) is 15.3 Å². The summed E-state index contributed by atoms with van der Waals surface area (Å²) >= 11 is 0. The molecule has 1 fully saturated rings. The third-order valence-electron chi connectivity index (χ3n) is 5.29. The number of nitrogens with one attached hydrogen (secondary N) is 1. The lowest BCUT2D eigenvalue weighted by atomic mass is 10.1. The number of methoxy groups -OCH3 is 1. The Labute approximate surface area is 193 Å². The van der Waals surface area contributed by atoms with Gasteiger partial charge in [-0.3, -0.25) is 4.90 Å². The molecule has 0 spiro atoms. The SMILES string of the molecule is COC(=O)NC[C@H]1CN(c2ccc(-c3ccc(N4C=NN(C(N)=O)CC4)nc3)c(F)c2)C(=O)O1. The van der Waals surface area contributed by atoms with Crippen molar-refractivity contribution in [3.8, 4) is 11.1 Å². The largest absolute Gasteiger partial charge is 0.453 e. The molecule has 1 atom stereocenters. The first kappa shape index (κ1) is 22.8. The van der Waals surface area contributed by atoms with Gasteiger partial charge in [0.15, 0.2) is 0 Å². The van der Waals surface area contributed by atoms with E-state index in [2.05, 4.69) is 20.1 Å². The summed E-state index contributed by atoms with van der Waals surface area (Å²) in [5.74, 6) is 0.0488. The van der Waals surface area contributed by atoms with E-state index >= 15 is 0 Å². The molecule has 2 aromatic rings. The molecule has 178 valence electrons. The highest BCUT2D eigenvalue weighted by molar-refractivity contribution is 5.90. The van der Waals surface area contributed by atoms with Crippen LogP contribution in [0.3, 0.4) is 0 Å². The topological polar surface area (TPSA) is 143 Å². The number of urea groups is 1. The van der Waals surface area contributed by atoms with Crippen LogP contribution in [-0.2, 0) is 9.47 Å². The molecule has 4 rings (SSSR count). The average Bonchev–Trinajstić information content (AvgIpc) is 3.23. The zero-order valence-corrected chi connectivity index (χ0v) is 18.2. The maximum absolute atomic E-state index is 14.9. The number of nitrogens with zero attached hydrogens (tertiary/aromatic N) is 5. The first-order valence-electron chi connectivity index (χ1n) is 10.3. The van der Waals surface area contributed by atoms with Gasteiger partial charge < -0.3 is 25.4 Å². The highest BCUT2D eigenvalue weighted by atomic mass is 19.1. The second-order valence-electron chi connectivity index (χ2n) is 7.44. The number of hydrogen-bond donors (Lipinski definition) is 2. The molecule has 4 amide bonds. The Morgan fingerprint density at radius 3 is 2.74 bits per heavy atom. The fourth-order valence-corrected chi connectivity index (χ4v) is 3.51. The summed E-state index contributed by atoms with van der Waals surface area (Å²) in [6, 6.07) is 7.21. The highest BCUT2D eigenvalue weighted by Gasteiger charge is 2.33. The van der Waals surface area contributed by atoms with Crippen LogP contribution in [0.1, 0.15) is 0 Å². The van der Waals surface area contributed by atoms with E-state index in [1.54, 1.807) is 29.2 Å². The second-order valence-corrected chi connectivity index (χ2v) is 7.44. The number of halogens is 1. The number of primary amides is 1. The van der Waals surface area contributed by atoms with Crippen LogP contribution >= 0.6 is 0 Å². The first-order chi connectivity index (χ1) is 16.4. The Hall–Kier alpha value is -4.42. The number of hydrazone groups is 1. The third kappa shape index (κ3) is 4.82. The van der Waals surface area contributed by atoms with Crippen LogP contribution in [0.15, 0.2) is 41.6 Å². The third-order valence-corrected chi connectivity index (χ3v) is 5.29. The van der Waals surface area contributed by atoms with Crippen LogP contribution < -0.4 is 20.9 Å². The van der Waals surface area contributed by atoms with Crippen molar-refractivity contribution in [2.45, 2.75) is 6.10 Å². The molecule has 0 radical (unpaired) electrons. The van der Waals surface area contributed by atoms with Gasteiger partial charge in [0.2, 0.25) is 0 Å². The van der Waals surface area contributed by atoms with E-state index in [4.69, 9.17) is 10.5 Å². The number of benzene rings is 1. The van der Waals surface area contributed by atoms with Gasteiger partial charge in [0.05, 0.1) is 32.4 Å². The molecule has 2 aliphatic heterocycles. The van der Waals surface area contributed by atoms with Crippen molar-refractivity contribution in [3.05, 3.63) is 42.3 Å². The van der Waals surface area contributed by atoms with Gasteiger partial charge in [-0.1, -0.05) is 0 Å². The number of pyridine rings is 1. The van der Waals surface area contributed by atoms with E-state index in [0.717, 1.165) is 5.01 Å². The second kappa shape index (κ2) is 9.60. The molecule has 13 heteroatoms. The van der Waals surface area contributed by atoms with Gasteiger partial charge >= 0.3 is 18.2 Å². The van der Waals surface area contributed by atoms with Gasteiger partial charge in [-0.15, -0.1) is 0 Å². The van der Waals surface area contributed by atoms with Crippen LogP contribution in [0.4, 0.5) is 30.3 Å². The van der Waals surface area contributed by atoms with E-state index in [-0.39, 0.29) is 13.1 Å². The van der Waals surface area contributed by atoms with Crippen LogP contribution in [0, 0.1) is 5.82 Å². The first-order valence-corrected chi connectivity index (χ1v) is 10.3. The number of ether oxygens (including phenoxy) is 2. The molecular formula is C21H22FN7O5. The Morgan fingerprint density at radius 1 is 1.29 bits per heavy atom. The number of amides is 4. The molecule has 0 saturated carbocycles. The Bertz CT molecular complexity index is 1130. The number of carbonyl (C=O) groups is 3. The Morgan fingerprint density at radius 2 is 2.12 bits per heavy atom. The fraction of sp³-hybridized carbons (Fsp3) is 0.286. The molecule has 0 unspecified atom stereocenters. The molecular weight excluding hydrogens is 449 g/mol. The Kier molecular flexibility index (Phi) is 6.43. The maximum Gasteiger partial charge on any atom is 0.414 e. The van der Waals surface area contributed by atoms with Gasteiger partial charge in [0, 0.05) is 23.9 Å². The molecule has 0 aliphatic carbocycles. The molecule has 2 aliphatic rings. The highest BCUT2D eigenvalue weighted by Crippen LogP contribution is 2.29. The summed E-state index contributed by atoms with van der Waals surface area (Å²) in [4.78, 5) is 41.9. The maximum atomic E-state index is 14.9. The van der Waals surface area contributed by atoms with Crippen molar-refractivity contribution in [3.63, 3.8) is 0 Å². The van der Waals surface area contributed by atoms with E-state index < -0.39 is 30.1 Å². The minimum absolute atomic E-state index is 0.0792. The molecule has 3 heterocycles. The minimum Gasteiger partial charge on any atom is -0.453 e. The smallest absolute Gasteiger partial charge is 0.414 e. The summed E-state index contributed by atoms with van der Waals surface area (Å²) in [6.45, 7) is 1.02. The van der Waals surface area contributed by atoms with Crippen molar-refractivity contribution >= 4 is 36.1 Å². The van der Waals surface area contributed by atoms with Crippen molar-refractivity contribution in [1.29, 1.82) is 0 Å². The molecule has 0 bridgehead atoms. The van der Waals surface area contributed by atoms with Gasteiger partial charge in [-0.25, -0.2) is 28.8 Å². The number of anilines is 2. The number of rotatable bonds is 5. The summed E-state index contributed by atoms with van der Waals surface area (Å²) < 4.78 is 24.6. The lowest BCUT2D eigenvalue weighted by Crippen LogP contribution is -2.43. The quantitative estimate of drug-likeness (QED) is 0.676. The average molecular weight is 471 g/mol. The van der Waals surface area contributed by atoms with Gasteiger partial charge in [0.25, 0.3) is 0 Å².